The number of aryl methyl sites for hydroxylation is 1. The molecule has 0 fully saturated rings. The van der Waals surface area contributed by atoms with E-state index in [0.29, 0.717) is 39.8 Å². The molecule has 3 aromatic rings. The third kappa shape index (κ3) is 4.42. The Morgan fingerprint density at radius 2 is 1.77 bits per heavy atom. The molecule has 4 rings (SSSR count). The number of nitrogens with zero attached hydrogens (tertiary/aromatic N) is 1. The molecule has 1 amide bonds. The zero-order valence-corrected chi connectivity index (χ0v) is 19.1. The van der Waals surface area contributed by atoms with Crippen LogP contribution in [-0.4, -0.2) is 20.9 Å². The molecule has 0 bridgehead atoms. The summed E-state index contributed by atoms with van der Waals surface area (Å²) in [7, 11) is -3.81. The smallest absolute Gasteiger partial charge is 0.261 e. The van der Waals surface area contributed by atoms with Crippen LogP contribution in [0.5, 0.6) is 0 Å². The van der Waals surface area contributed by atoms with Crippen molar-refractivity contribution in [3.63, 3.8) is 0 Å². The van der Waals surface area contributed by atoms with E-state index in [1.165, 1.54) is 6.07 Å². The highest BCUT2D eigenvalue weighted by Gasteiger charge is 2.26. The molecule has 0 radical (unpaired) electrons. The van der Waals surface area contributed by atoms with Gasteiger partial charge in [0.1, 0.15) is 0 Å². The van der Waals surface area contributed by atoms with Gasteiger partial charge in [0.2, 0.25) is 0 Å². The second-order valence-electron chi connectivity index (χ2n) is 7.38. The van der Waals surface area contributed by atoms with Gasteiger partial charge >= 0.3 is 0 Å². The number of hydrogen-bond donors (Lipinski definition) is 1. The topological polar surface area (TPSA) is 66.5 Å². The molecule has 160 valence electrons. The summed E-state index contributed by atoms with van der Waals surface area (Å²) in [6.07, 6.45) is 1.44. The Kier molecular flexibility index (Phi) is 5.97. The van der Waals surface area contributed by atoms with E-state index in [4.69, 9.17) is 23.2 Å². The summed E-state index contributed by atoms with van der Waals surface area (Å²) in [5.74, 6) is -0.138. The Labute approximate surface area is 191 Å². The number of nitrogens with one attached hydrogen (secondary N) is 1. The summed E-state index contributed by atoms with van der Waals surface area (Å²) in [5, 5.41) is 1.05. The summed E-state index contributed by atoms with van der Waals surface area (Å²) in [5.41, 5.74) is 3.17. The first-order valence-electron chi connectivity index (χ1n) is 9.74. The van der Waals surface area contributed by atoms with E-state index >= 15 is 0 Å². The van der Waals surface area contributed by atoms with Gasteiger partial charge in [0.15, 0.2) is 0 Å². The van der Waals surface area contributed by atoms with Crippen molar-refractivity contribution in [3.8, 4) is 0 Å². The molecule has 3 aromatic carbocycles. The number of rotatable bonds is 4. The van der Waals surface area contributed by atoms with Crippen LogP contribution in [0.25, 0.3) is 0 Å². The van der Waals surface area contributed by atoms with Gasteiger partial charge in [-0.25, -0.2) is 8.42 Å². The summed E-state index contributed by atoms with van der Waals surface area (Å²) < 4.78 is 28.6. The van der Waals surface area contributed by atoms with E-state index in [-0.39, 0.29) is 10.8 Å². The second kappa shape index (κ2) is 8.54. The van der Waals surface area contributed by atoms with Gasteiger partial charge in [-0.15, -0.1) is 0 Å². The number of anilines is 2. The standard InChI is InChI=1S/C23H20Cl2N2O3S/c1-15-20(25)5-2-6-21(15)26-31(29,30)19-11-12-22-17(14-19)4-3-13-27(22)23(28)16-7-9-18(24)10-8-16/h2,5-12,14,26H,3-4,13H2,1H3. The highest BCUT2D eigenvalue weighted by atomic mass is 35.5. The van der Waals surface area contributed by atoms with Crippen LogP contribution in [0.4, 0.5) is 11.4 Å². The number of hydrogen-bond acceptors (Lipinski definition) is 3. The summed E-state index contributed by atoms with van der Waals surface area (Å²) >= 11 is 12.0. The number of sulfonamides is 1. The van der Waals surface area contributed by atoms with Gasteiger partial charge in [-0.1, -0.05) is 29.3 Å². The Morgan fingerprint density at radius 1 is 1.03 bits per heavy atom. The van der Waals surface area contributed by atoms with Gasteiger partial charge in [-0.2, -0.15) is 0 Å². The normalized spacial score (nSPS) is 13.6. The van der Waals surface area contributed by atoms with Crippen molar-refractivity contribution in [2.75, 3.05) is 16.2 Å². The van der Waals surface area contributed by atoms with E-state index in [9.17, 15) is 13.2 Å². The van der Waals surface area contributed by atoms with Gasteiger partial charge in [-0.05, 0) is 85.5 Å². The monoisotopic (exact) mass is 474 g/mol. The molecule has 0 unspecified atom stereocenters. The van der Waals surface area contributed by atoms with Crippen molar-refractivity contribution in [2.24, 2.45) is 0 Å². The average molecular weight is 475 g/mol. The molecular formula is C23H20Cl2N2O3S. The van der Waals surface area contributed by atoms with Crippen LogP contribution in [0, 0.1) is 6.92 Å². The molecule has 0 saturated carbocycles. The highest BCUT2D eigenvalue weighted by molar-refractivity contribution is 7.92. The minimum Gasteiger partial charge on any atom is -0.308 e. The molecule has 0 aromatic heterocycles. The molecule has 0 atom stereocenters. The van der Waals surface area contributed by atoms with Gasteiger partial charge < -0.3 is 4.90 Å². The van der Waals surface area contributed by atoms with Crippen molar-refractivity contribution in [1.29, 1.82) is 0 Å². The number of amides is 1. The zero-order valence-electron chi connectivity index (χ0n) is 16.7. The lowest BCUT2D eigenvalue weighted by Gasteiger charge is -2.30. The number of carbonyl (C=O) groups is 1. The Hall–Kier alpha value is -2.54. The van der Waals surface area contributed by atoms with Crippen molar-refractivity contribution < 1.29 is 13.2 Å². The maximum atomic E-state index is 13.0. The molecule has 8 heteroatoms. The maximum absolute atomic E-state index is 13.0. The predicted molar refractivity (Wildman–Crippen MR) is 125 cm³/mol. The van der Waals surface area contributed by atoms with Crippen molar-refractivity contribution in [3.05, 3.63) is 87.4 Å². The molecule has 5 nitrogen and oxygen atoms in total. The summed E-state index contributed by atoms with van der Waals surface area (Å²) in [6, 6.07) is 16.7. The minimum atomic E-state index is -3.81. The van der Waals surface area contributed by atoms with E-state index in [0.717, 1.165) is 17.7 Å². The van der Waals surface area contributed by atoms with Crippen LogP contribution in [0.3, 0.4) is 0 Å². The van der Waals surface area contributed by atoms with E-state index < -0.39 is 10.0 Å². The maximum Gasteiger partial charge on any atom is 0.261 e. The van der Waals surface area contributed by atoms with E-state index in [1.54, 1.807) is 66.4 Å². The molecule has 1 aliphatic rings. The van der Waals surface area contributed by atoms with Crippen LogP contribution in [0.15, 0.2) is 65.6 Å². The molecule has 0 aliphatic carbocycles. The van der Waals surface area contributed by atoms with Crippen molar-refractivity contribution in [2.45, 2.75) is 24.7 Å². The lowest BCUT2D eigenvalue weighted by atomic mass is 10.0. The van der Waals surface area contributed by atoms with Crippen LogP contribution in [0.2, 0.25) is 10.0 Å². The van der Waals surface area contributed by atoms with Gasteiger partial charge in [-0.3, -0.25) is 9.52 Å². The number of halogens is 2. The Balaban J connectivity index is 1.64. The molecule has 0 saturated heterocycles. The predicted octanol–water partition coefficient (Wildman–Crippen LogP) is 5.70. The lowest BCUT2D eigenvalue weighted by molar-refractivity contribution is 0.0985. The third-order valence-electron chi connectivity index (χ3n) is 5.33. The van der Waals surface area contributed by atoms with Crippen molar-refractivity contribution >= 4 is 50.5 Å². The average Bonchev–Trinajstić information content (AvgIpc) is 2.76. The number of fused-ring (bicyclic) bond motifs is 1. The fourth-order valence-electron chi connectivity index (χ4n) is 3.62. The van der Waals surface area contributed by atoms with Gasteiger partial charge in [0, 0.05) is 27.8 Å². The third-order valence-corrected chi connectivity index (χ3v) is 7.35. The Morgan fingerprint density at radius 3 is 2.52 bits per heavy atom. The number of benzene rings is 3. The fraction of sp³-hybridized carbons (Fsp3) is 0.174. The molecule has 31 heavy (non-hydrogen) atoms. The van der Waals surface area contributed by atoms with Crippen LogP contribution < -0.4 is 9.62 Å². The second-order valence-corrected chi connectivity index (χ2v) is 9.90. The number of carbonyl (C=O) groups excluding carboxylic acids is 1. The first kappa shape index (κ1) is 21.7. The van der Waals surface area contributed by atoms with Crippen LogP contribution in [0.1, 0.15) is 27.9 Å². The highest BCUT2D eigenvalue weighted by Crippen LogP contribution is 2.32. The van der Waals surface area contributed by atoms with Crippen LogP contribution in [-0.2, 0) is 16.4 Å². The van der Waals surface area contributed by atoms with Gasteiger partial charge in [0.25, 0.3) is 15.9 Å². The SMILES string of the molecule is Cc1c(Cl)cccc1NS(=O)(=O)c1ccc2c(c1)CCCN2C(=O)c1ccc(Cl)cc1. The minimum absolute atomic E-state index is 0.138. The van der Waals surface area contributed by atoms with E-state index in [1.807, 2.05) is 0 Å². The van der Waals surface area contributed by atoms with Crippen molar-refractivity contribution in [1.82, 2.24) is 0 Å². The molecule has 0 spiro atoms. The first-order valence-corrected chi connectivity index (χ1v) is 12.0. The molecular weight excluding hydrogens is 455 g/mol. The molecule has 1 aliphatic heterocycles. The largest absolute Gasteiger partial charge is 0.308 e. The summed E-state index contributed by atoms with van der Waals surface area (Å²) in [4.78, 5) is 14.8. The lowest BCUT2D eigenvalue weighted by Crippen LogP contribution is -2.35. The Bertz CT molecular complexity index is 1260. The fourth-order valence-corrected chi connectivity index (χ4v) is 5.10. The molecule has 1 N–H and O–H groups in total. The first-order chi connectivity index (χ1) is 14.8. The van der Waals surface area contributed by atoms with Crippen LogP contribution >= 0.6 is 23.2 Å². The molecule has 1 heterocycles. The zero-order chi connectivity index (χ0) is 22.2. The van der Waals surface area contributed by atoms with E-state index in [2.05, 4.69) is 4.72 Å². The summed E-state index contributed by atoms with van der Waals surface area (Å²) in [6.45, 7) is 2.33. The van der Waals surface area contributed by atoms with Gasteiger partial charge in [0.05, 0.1) is 10.6 Å². The quantitative estimate of drug-likeness (QED) is 0.527.